The number of hydrogen-bond donors (Lipinski definition) is 1. The molecule has 0 radical (unpaired) electrons. The van der Waals surface area contributed by atoms with E-state index in [1.165, 1.54) is 31.2 Å². The molecular formula is C17H26ClNS. The van der Waals surface area contributed by atoms with Crippen molar-refractivity contribution in [3.8, 4) is 0 Å². The third kappa shape index (κ3) is 4.41. The molecule has 2 N–H and O–H groups in total. The quantitative estimate of drug-likeness (QED) is 0.784. The van der Waals surface area contributed by atoms with Gasteiger partial charge < -0.3 is 5.73 Å². The lowest BCUT2D eigenvalue weighted by molar-refractivity contribution is 0.393. The fraction of sp³-hybridized carbons (Fsp3) is 0.647. The first-order valence-electron chi connectivity index (χ1n) is 7.76. The van der Waals surface area contributed by atoms with Crippen LogP contribution < -0.4 is 5.73 Å². The van der Waals surface area contributed by atoms with Gasteiger partial charge in [-0.25, -0.2) is 0 Å². The van der Waals surface area contributed by atoms with Crippen LogP contribution in [0.15, 0.2) is 24.3 Å². The molecule has 112 valence electrons. The van der Waals surface area contributed by atoms with Gasteiger partial charge in [0.15, 0.2) is 0 Å². The molecule has 0 aromatic heterocycles. The molecule has 1 aliphatic carbocycles. The molecule has 20 heavy (non-hydrogen) atoms. The van der Waals surface area contributed by atoms with E-state index in [0.717, 1.165) is 22.6 Å². The number of rotatable bonds is 5. The minimum Gasteiger partial charge on any atom is -0.326 e. The van der Waals surface area contributed by atoms with Crippen molar-refractivity contribution >= 4 is 23.4 Å². The third-order valence-electron chi connectivity index (χ3n) is 4.29. The van der Waals surface area contributed by atoms with Crippen LogP contribution in [0.3, 0.4) is 0 Å². The molecule has 0 heterocycles. The minimum absolute atomic E-state index is 0.221. The minimum atomic E-state index is 0.221. The Labute approximate surface area is 132 Å². The third-order valence-corrected chi connectivity index (χ3v) is 6.27. The Balaban J connectivity index is 2.09. The van der Waals surface area contributed by atoms with E-state index in [0.29, 0.717) is 5.25 Å². The van der Waals surface area contributed by atoms with Crippen molar-refractivity contribution in [1.82, 2.24) is 0 Å². The van der Waals surface area contributed by atoms with Gasteiger partial charge in [-0.15, -0.1) is 11.8 Å². The van der Waals surface area contributed by atoms with Crippen molar-refractivity contribution in [2.75, 3.05) is 0 Å². The molecule has 0 bridgehead atoms. The molecule has 2 rings (SSSR count). The maximum Gasteiger partial charge on any atom is 0.0451 e. The SMILES string of the molecule is CCC(N)C(SC1CCCC(C)C1)c1ccc(Cl)cc1. The molecule has 1 aromatic rings. The normalized spacial score (nSPS) is 26.2. The molecule has 0 spiro atoms. The van der Waals surface area contributed by atoms with E-state index in [9.17, 15) is 0 Å². The zero-order valence-corrected chi connectivity index (χ0v) is 14.1. The van der Waals surface area contributed by atoms with Gasteiger partial charge in [-0.05, 0) is 42.9 Å². The molecule has 3 heteroatoms. The Kier molecular flexibility index (Phi) is 6.25. The molecule has 1 nitrogen and oxygen atoms in total. The molecule has 4 unspecified atom stereocenters. The topological polar surface area (TPSA) is 26.0 Å². The van der Waals surface area contributed by atoms with Crippen molar-refractivity contribution < 1.29 is 0 Å². The summed E-state index contributed by atoms with van der Waals surface area (Å²) in [6, 6.07) is 8.47. The second-order valence-electron chi connectivity index (χ2n) is 6.07. The van der Waals surface area contributed by atoms with E-state index >= 15 is 0 Å². The van der Waals surface area contributed by atoms with E-state index in [4.69, 9.17) is 17.3 Å². The highest BCUT2D eigenvalue weighted by Gasteiger charge is 2.26. The first kappa shape index (κ1) is 16.2. The first-order chi connectivity index (χ1) is 9.60. The standard InChI is InChI=1S/C17H26ClNS/c1-3-16(19)17(13-7-9-14(18)10-8-13)20-15-6-4-5-12(2)11-15/h7-10,12,15-17H,3-6,11,19H2,1-2H3. The summed E-state index contributed by atoms with van der Waals surface area (Å²) < 4.78 is 0. The van der Waals surface area contributed by atoms with E-state index in [2.05, 4.69) is 37.7 Å². The lowest BCUT2D eigenvalue weighted by atomic mass is 9.90. The zero-order valence-electron chi connectivity index (χ0n) is 12.5. The summed E-state index contributed by atoms with van der Waals surface area (Å²) >= 11 is 8.10. The molecular weight excluding hydrogens is 286 g/mol. The van der Waals surface area contributed by atoms with Gasteiger partial charge in [-0.3, -0.25) is 0 Å². The van der Waals surface area contributed by atoms with Crippen LogP contribution in [-0.4, -0.2) is 11.3 Å². The van der Waals surface area contributed by atoms with Crippen LogP contribution in [0.1, 0.15) is 56.8 Å². The van der Waals surface area contributed by atoms with Crippen molar-refractivity contribution in [2.45, 2.75) is 62.5 Å². The average molecular weight is 312 g/mol. The van der Waals surface area contributed by atoms with E-state index < -0.39 is 0 Å². The summed E-state index contributed by atoms with van der Waals surface area (Å²) in [5, 5.41) is 1.96. The van der Waals surface area contributed by atoms with Gasteiger partial charge in [-0.1, -0.05) is 50.4 Å². The number of nitrogens with two attached hydrogens (primary N) is 1. The number of halogens is 1. The lowest BCUT2D eigenvalue weighted by Crippen LogP contribution is -2.28. The Morgan fingerprint density at radius 2 is 2.00 bits per heavy atom. The second-order valence-corrected chi connectivity index (χ2v) is 7.96. The highest BCUT2D eigenvalue weighted by atomic mass is 35.5. The van der Waals surface area contributed by atoms with Crippen LogP contribution in [-0.2, 0) is 0 Å². The van der Waals surface area contributed by atoms with Gasteiger partial charge in [0.25, 0.3) is 0 Å². The molecule has 0 aliphatic heterocycles. The number of thioether (sulfide) groups is 1. The smallest absolute Gasteiger partial charge is 0.0451 e. The van der Waals surface area contributed by atoms with Gasteiger partial charge in [0.1, 0.15) is 0 Å². The molecule has 0 saturated heterocycles. The fourth-order valence-electron chi connectivity index (χ4n) is 3.00. The number of hydrogen-bond acceptors (Lipinski definition) is 2. The Bertz CT molecular complexity index is 406. The first-order valence-corrected chi connectivity index (χ1v) is 9.08. The van der Waals surface area contributed by atoms with Crippen molar-refractivity contribution in [3.05, 3.63) is 34.9 Å². The van der Waals surface area contributed by atoms with E-state index in [1.807, 2.05) is 12.1 Å². The fourth-order valence-corrected chi connectivity index (χ4v) is 4.99. The van der Waals surface area contributed by atoms with Gasteiger partial charge in [0.05, 0.1) is 0 Å². The molecule has 1 saturated carbocycles. The number of benzene rings is 1. The highest BCUT2D eigenvalue weighted by molar-refractivity contribution is 8.00. The zero-order chi connectivity index (χ0) is 14.5. The summed E-state index contributed by atoms with van der Waals surface area (Å²) in [4.78, 5) is 0. The van der Waals surface area contributed by atoms with Gasteiger partial charge >= 0.3 is 0 Å². The largest absolute Gasteiger partial charge is 0.326 e. The maximum absolute atomic E-state index is 6.39. The predicted octanol–water partition coefficient (Wildman–Crippen LogP) is 5.43. The summed E-state index contributed by atoms with van der Waals surface area (Å²) in [7, 11) is 0. The van der Waals surface area contributed by atoms with Crippen molar-refractivity contribution in [2.24, 2.45) is 11.7 Å². The van der Waals surface area contributed by atoms with E-state index in [1.54, 1.807) is 0 Å². The molecule has 1 aliphatic rings. The molecule has 0 amide bonds. The monoisotopic (exact) mass is 311 g/mol. The van der Waals surface area contributed by atoms with Crippen molar-refractivity contribution in [1.29, 1.82) is 0 Å². The highest BCUT2D eigenvalue weighted by Crippen LogP contribution is 2.42. The van der Waals surface area contributed by atoms with Crippen LogP contribution in [0.25, 0.3) is 0 Å². The van der Waals surface area contributed by atoms with Crippen LogP contribution in [0, 0.1) is 5.92 Å². The summed E-state index contributed by atoms with van der Waals surface area (Å²) in [5.74, 6) is 0.866. The summed E-state index contributed by atoms with van der Waals surface area (Å²) in [6.45, 7) is 4.56. The Morgan fingerprint density at radius 1 is 1.30 bits per heavy atom. The summed E-state index contributed by atoms with van der Waals surface area (Å²) in [6.07, 6.45) is 6.46. The van der Waals surface area contributed by atoms with Crippen molar-refractivity contribution in [3.63, 3.8) is 0 Å². The Hall–Kier alpha value is -0.180. The average Bonchev–Trinajstić information content (AvgIpc) is 2.45. The van der Waals surface area contributed by atoms with Crippen LogP contribution in [0.4, 0.5) is 0 Å². The Morgan fingerprint density at radius 3 is 2.60 bits per heavy atom. The van der Waals surface area contributed by atoms with Crippen LogP contribution in [0.2, 0.25) is 5.02 Å². The van der Waals surface area contributed by atoms with Gasteiger partial charge in [0.2, 0.25) is 0 Å². The van der Waals surface area contributed by atoms with Crippen LogP contribution in [0.5, 0.6) is 0 Å². The van der Waals surface area contributed by atoms with Gasteiger partial charge in [0, 0.05) is 21.6 Å². The molecule has 1 aromatic carbocycles. The summed E-state index contributed by atoms with van der Waals surface area (Å²) in [5.41, 5.74) is 7.71. The molecule has 1 fully saturated rings. The second kappa shape index (κ2) is 7.72. The van der Waals surface area contributed by atoms with Crippen LogP contribution >= 0.6 is 23.4 Å². The van der Waals surface area contributed by atoms with Gasteiger partial charge in [-0.2, -0.15) is 0 Å². The molecule has 4 atom stereocenters. The predicted molar refractivity (Wildman–Crippen MR) is 91.5 cm³/mol. The van der Waals surface area contributed by atoms with E-state index in [-0.39, 0.29) is 6.04 Å². The lowest BCUT2D eigenvalue weighted by Gasteiger charge is -2.32. The maximum atomic E-state index is 6.39.